The molecule has 2 aliphatic heterocycles. The topological polar surface area (TPSA) is 116 Å². The number of urea groups is 1. The highest BCUT2D eigenvalue weighted by atomic mass is 16.4. The summed E-state index contributed by atoms with van der Waals surface area (Å²) in [5.74, 6) is -2.00. The Morgan fingerprint density at radius 3 is 2.62 bits per heavy atom. The molecule has 4 N–H and O–H groups in total. The van der Waals surface area contributed by atoms with Gasteiger partial charge in [0.05, 0.1) is 6.42 Å². The van der Waals surface area contributed by atoms with Gasteiger partial charge in [-0.1, -0.05) is 0 Å². The van der Waals surface area contributed by atoms with Gasteiger partial charge in [0.2, 0.25) is 5.91 Å². The lowest BCUT2D eigenvalue weighted by Crippen LogP contribution is -2.51. The Labute approximate surface area is 123 Å². The van der Waals surface area contributed by atoms with Crippen molar-refractivity contribution in [1.82, 2.24) is 15.1 Å². The highest BCUT2D eigenvalue weighted by Gasteiger charge is 2.32. The van der Waals surface area contributed by atoms with Crippen molar-refractivity contribution >= 4 is 17.9 Å². The number of nitrogens with two attached hydrogens (primary N) is 1. The lowest BCUT2D eigenvalue weighted by molar-refractivity contribution is -0.140. The summed E-state index contributed by atoms with van der Waals surface area (Å²) in [7, 11) is 0. The number of hydrogen-bond acceptors (Lipinski definition) is 4. The van der Waals surface area contributed by atoms with E-state index in [0.717, 1.165) is 32.4 Å². The maximum absolute atomic E-state index is 12.2. The van der Waals surface area contributed by atoms with Crippen molar-refractivity contribution in [1.29, 1.82) is 0 Å². The fraction of sp³-hybridized carbons (Fsp3) is 0.769. The zero-order chi connectivity index (χ0) is 15.4. The van der Waals surface area contributed by atoms with Gasteiger partial charge in [0, 0.05) is 25.7 Å². The molecule has 0 radical (unpaired) electrons. The second-order valence-corrected chi connectivity index (χ2v) is 5.64. The van der Waals surface area contributed by atoms with Crippen LogP contribution in [0.2, 0.25) is 0 Å². The van der Waals surface area contributed by atoms with E-state index in [1.807, 2.05) is 0 Å². The molecule has 1 unspecified atom stereocenters. The number of carboxylic acids is 1. The Balaban J connectivity index is 1.94. The Kier molecular flexibility index (Phi) is 5.00. The van der Waals surface area contributed by atoms with Crippen LogP contribution in [0.4, 0.5) is 4.79 Å². The van der Waals surface area contributed by atoms with E-state index >= 15 is 0 Å². The summed E-state index contributed by atoms with van der Waals surface area (Å²) in [6.45, 7) is 3.24. The van der Waals surface area contributed by atoms with Crippen molar-refractivity contribution < 1.29 is 19.5 Å². The van der Waals surface area contributed by atoms with Gasteiger partial charge in [-0.05, 0) is 25.8 Å². The standard InChI is InChI=1S/C13H22N4O4/c14-11(18)7-10(12(19)20)15-13(21)17-6-2-5-16-4-1-3-9(16)8-17/h9-10H,1-8H2,(H2,14,18)(H,15,21)(H,19,20)/t9?,10-/m1/s1. The maximum Gasteiger partial charge on any atom is 0.326 e. The smallest absolute Gasteiger partial charge is 0.326 e. The molecule has 2 rings (SSSR count). The fourth-order valence-electron chi connectivity index (χ4n) is 3.03. The normalized spacial score (nSPS) is 24.0. The third kappa shape index (κ3) is 4.07. The van der Waals surface area contributed by atoms with Gasteiger partial charge < -0.3 is 21.1 Å². The van der Waals surface area contributed by atoms with Crippen LogP contribution in [0.1, 0.15) is 25.7 Å². The van der Waals surface area contributed by atoms with Crippen LogP contribution in [0, 0.1) is 0 Å². The van der Waals surface area contributed by atoms with Crippen LogP contribution in [0.25, 0.3) is 0 Å². The summed E-state index contributed by atoms with van der Waals surface area (Å²) in [4.78, 5) is 38.2. The van der Waals surface area contributed by atoms with E-state index in [1.54, 1.807) is 4.90 Å². The summed E-state index contributed by atoms with van der Waals surface area (Å²) >= 11 is 0. The number of amides is 3. The van der Waals surface area contributed by atoms with E-state index in [9.17, 15) is 14.4 Å². The number of nitrogens with one attached hydrogen (secondary N) is 1. The molecule has 118 valence electrons. The molecular formula is C13H22N4O4. The highest BCUT2D eigenvalue weighted by molar-refractivity contribution is 5.87. The first kappa shape index (κ1) is 15.6. The summed E-state index contributed by atoms with van der Waals surface area (Å²) in [6, 6.07) is -1.34. The Morgan fingerprint density at radius 1 is 1.24 bits per heavy atom. The number of carboxylic acid groups (broad SMARTS) is 1. The molecule has 0 saturated carbocycles. The average molecular weight is 298 g/mol. The molecule has 0 aromatic rings. The van der Waals surface area contributed by atoms with Gasteiger partial charge >= 0.3 is 12.0 Å². The van der Waals surface area contributed by atoms with Gasteiger partial charge in [0.15, 0.2) is 0 Å². The SMILES string of the molecule is NC(=O)C[C@@H](NC(=O)N1CCCN2CCCC2C1)C(=O)O. The van der Waals surface area contributed by atoms with E-state index in [0.29, 0.717) is 19.1 Å². The number of primary amides is 1. The highest BCUT2D eigenvalue weighted by Crippen LogP contribution is 2.21. The third-order valence-corrected chi connectivity index (χ3v) is 4.09. The van der Waals surface area contributed by atoms with Crippen molar-refractivity contribution in [2.45, 2.75) is 37.8 Å². The molecule has 3 amide bonds. The number of fused-ring (bicyclic) bond motifs is 1. The van der Waals surface area contributed by atoms with Crippen LogP contribution in [0.5, 0.6) is 0 Å². The zero-order valence-electron chi connectivity index (χ0n) is 12.0. The molecule has 21 heavy (non-hydrogen) atoms. The summed E-state index contributed by atoms with van der Waals surface area (Å²) in [5, 5.41) is 11.4. The molecule has 2 fully saturated rings. The first-order valence-corrected chi connectivity index (χ1v) is 7.28. The summed E-state index contributed by atoms with van der Waals surface area (Å²) in [5.41, 5.74) is 5.01. The van der Waals surface area contributed by atoms with Crippen molar-refractivity contribution in [2.24, 2.45) is 5.73 Å². The number of nitrogens with zero attached hydrogens (tertiary/aromatic N) is 2. The predicted octanol–water partition coefficient (Wildman–Crippen LogP) is -0.805. The van der Waals surface area contributed by atoms with E-state index in [1.165, 1.54) is 0 Å². The molecule has 8 nitrogen and oxygen atoms in total. The van der Waals surface area contributed by atoms with Crippen molar-refractivity contribution in [3.05, 3.63) is 0 Å². The Bertz CT molecular complexity index is 428. The van der Waals surface area contributed by atoms with Crippen LogP contribution >= 0.6 is 0 Å². The Morgan fingerprint density at radius 2 is 1.95 bits per heavy atom. The van der Waals surface area contributed by atoms with Crippen LogP contribution < -0.4 is 11.1 Å². The van der Waals surface area contributed by atoms with Crippen LogP contribution in [0.3, 0.4) is 0 Å². The lowest BCUT2D eigenvalue weighted by atomic mass is 10.2. The third-order valence-electron chi connectivity index (χ3n) is 4.09. The van der Waals surface area contributed by atoms with E-state index < -0.39 is 30.4 Å². The molecular weight excluding hydrogens is 276 g/mol. The fourth-order valence-corrected chi connectivity index (χ4v) is 3.03. The quantitative estimate of drug-likeness (QED) is 0.628. The number of carbonyl (C=O) groups excluding carboxylic acids is 2. The van der Waals surface area contributed by atoms with Gasteiger partial charge in [-0.25, -0.2) is 9.59 Å². The van der Waals surface area contributed by atoms with E-state index in [2.05, 4.69) is 10.2 Å². The Hall–Kier alpha value is -1.83. The maximum atomic E-state index is 12.2. The van der Waals surface area contributed by atoms with E-state index in [-0.39, 0.29) is 0 Å². The minimum Gasteiger partial charge on any atom is -0.480 e. The average Bonchev–Trinajstić information content (AvgIpc) is 2.74. The zero-order valence-corrected chi connectivity index (χ0v) is 12.0. The molecule has 0 aromatic carbocycles. The molecule has 2 saturated heterocycles. The molecule has 0 aromatic heterocycles. The number of rotatable bonds is 4. The number of aliphatic carboxylic acids is 1. The van der Waals surface area contributed by atoms with Gasteiger partial charge in [-0.3, -0.25) is 9.69 Å². The van der Waals surface area contributed by atoms with Gasteiger partial charge in [0.1, 0.15) is 6.04 Å². The van der Waals surface area contributed by atoms with Crippen molar-refractivity contribution in [3.8, 4) is 0 Å². The minimum absolute atomic E-state index is 0.359. The molecule has 0 aliphatic carbocycles. The van der Waals surface area contributed by atoms with Gasteiger partial charge in [-0.2, -0.15) is 0 Å². The molecule has 2 atom stereocenters. The lowest BCUT2D eigenvalue weighted by Gasteiger charge is -2.27. The summed E-state index contributed by atoms with van der Waals surface area (Å²) in [6.07, 6.45) is 2.68. The molecule has 2 heterocycles. The summed E-state index contributed by atoms with van der Waals surface area (Å²) < 4.78 is 0. The minimum atomic E-state index is -1.27. The van der Waals surface area contributed by atoms with Crippen LogP contribution in [-0.4, -0.2) is 71.1 Å². The molecule has 0 spiro atoms. The van der Waals surface area contributed by atoms with Crippen molar-refractivity contribution in [2.75, 3.05) is 26.2 Å². The number of hydrogen-bond donors (Lipinski definition) is 3. The molecule has 8 heteroatoms. The first-order chi connectivity index (χ1) is 9.97. The number of carbonyl (C=O) groups is 3. The largest absolute Gasteiger partial charge is 0.480 e. The molecule has 2 aliphatic rings. The van der Waals surface area contributed by atoms with Crippen LogP contribution in [-0.2, 0) is 9.59 Å². The first-order valence-electron chi connectivity index (χ1n) is 7.28. The second-order valence-electron chi connectivity index (χ2n) is 5.64. The van der Waals surface area contributed by atoms with Gasteiger partial charge in [0.25, 0.3) is 0 Å². The molecule has 0 bridgehead atoms. The van der Waals surface area contributed by atoms with Crippen molar-refractivity contribution in [3.63, 3.8) is 0 Å². The predicted molar refractivity (Wildman–Crippen MR) is 74.6 cm³/mol. The monoisotopic (exact) mass is 298 g/mol. The second kappa shape index (κ2) is 6.75. The van der Waals surface area contributed by atoms with Gasteiger partial charge in [-0.15, -0.1) is 0 Å². The van der Waals surface area contributed by atoms with Crippen LogP contribution in [0.15, 0.2) is 0 Å². The van der Waals surface area contributed by atoms with E-state index in [4.69, 9.17) is 10.8 Å².